The lowest BCUT2D eigenvalue weighted by Gasteiger charge is -2.09. The van der Waals surface area contributed by atoms with Gasteiger partial charge in [0.25, 0.3) is 0 Å². The third-order valence-electron chi connectivity index (χ3n) is 2.36. The van der Waals surface area contributed by atoms with E-state index in [4.69, 9.17) is 10.5 Å². The van der Waals surface area contributed by atoms with Crippen LogP contribution in [0.2, 0.25) is 0 Å². The highest BCUT2D eigenvalue weighted by molar-refractivity contribution is 5.75. The van der Waals surface area contributed by atoms with Gasteiger partial charge >= 0.3 is 0 Å². The Balaban J connectivity index is 3.30. The van der Waals surface area contributed by atoms with Crippen LogP contribution in [0.25, 0.3) is 0 Å². The summed E-state index contributed by atoms with van der Waals surface area (Å²) in [4.78, 5) is 11.4. The fourth-order valence-corrected chi connectivity index (χ4v) is 1.20. The molecule has 0 aliphatic heterocycles. The zero-order valence-electron chi connectivity index (χ0n) is 10.8. The van der Waals surface area contributed by atoms with Gasteiger partial charge in [0.05, 0.1) is 6.10 Å². The minimum Gasteiger partial charge on any atom is -0.379 e. The van der Waals surface area contributed by atoms with Crippen molar-refractivity contribution in [3.63, 3.8) is 0 Å². The van der Waals surface area contributed by atoms with Crippen molar-refractivity contribution in [2.45, 2.75) is 46.1 Å². The number of nitrogens with two attached hydrogens (primary N) is 1. The molecule has 1 amide bonds. The summed E-state index contributed by atoms with van der Waals surface area (Å²) in [6.45, 7) is 8.12. The number of amides is 1. The van der Waals surface area contributed by atoms with Crippen molar-refractivity contribution in [1.29, 1.82) is 0 Å². The number of hydrogen-bond acceptors (Lipinski definition) is 3. The Morgan fingerprint density at radius 1 is 1.38 bits per heavy atom. The first-order valence-electron chi connectivity index (χ1n) is 6.14. The molecule has 0 aliphatic carbocycles. The van der Waals surface area contributed by atoms with Crippen molar-refractivity contribution in [2.75, 3.05) is 19.7 Å². The van der Waals surface area contributed by atoms with Crippen molar-refractivity contribution in [3.8, 4) is 0 Å². The molecule has 0 aromatic heterocycles. The molecular weight excluding hydrogens is 204 g/mol. The topological polar surface area (TPSA) is 64.4 Å². The zero-order chi connectivity index (χ0) is 12.4. The fraction of sp³-hybridized carbons (Fsp3) is 0.917. The molecule has 0 bridgehead atoms. The van der Waals surface area contributed by atoms with Gasteiger partial charge in [-0.25, -0.2) is 0 Å². The second kappa shape index (κ2) is 9.60. The van der Waals surface area contributed by atoms with Gasteiger partial charge in [0.2, 0.25) is 5.91 Å². The van der Waals surface area contributed by atoms with Crippen LogP contribution in [0.5, 0.6) is 0 Å². The van der Waals surface area contributed by atoms with E-state index in [1.54, 1.807) is 0 Å². The van der Waals surface area contributed by atoms with Gasteiger partial charge in [-0.1, -0.05) is 6.92 Å². The summed E-state index contributed by atoms with van der Waals surface area (Å²) in [5, 5.41) is 2.88. The van der Waals surface area contributed by atoms with E-state index in [1.807, 2.05) is 13.8 Å². The SMILES string of the molecule is CC(CN)CCC(=O)NCCCOC(C)C. The second-order valence-electron chi connectivity index (χ2n) is 4.50. The molecule has 1 unspecified atom stereocenters. The van der Waals surface area contributed by atoms with E-state index >= 15 is 0 Å². The first kappa shape index (κ1) is 15.4. The molecule has 3 N–H and O–H groups in total. The molecular formula is C12H26N2O2. The Morgan fingerprint density at radius 3 is 2.62 bits per heavy atom. The number of nitrogens with one attached hydrogen (secondary N) is 1. The second-order valence-corrected chi connectivity index (χ2v) is 4.50. The molecule has 0 spiro atoms. The van der Waals surface area contributed by atoms with E-state index in [9.17, 15) is 4.79 Å². The quantitative estimate of drug-likeness (QED) is 0.587. The highest BCUT2D eigenvalue weighted by atomic mass is 16.5. The van der Waals surface area contributed by atoms with Gasteiger partial charge in [-0.05, 0) is 39.2 Å². The lowest BCUT2D eigenvalue weighted by atomic mass is 10.1. The van der Waals surface area contributed by atoms with E-state index in [1.165, 1.54) is 0 Å². The molecule has 0 aromatic carbocycles. The van der Waals surface area contributed by atoms with Gasteiger partial charge < -0.3 is 15.8 Å². The smallest absolute Gasteiger partial charge is 0.220 e. The zero-order valence-corrected chi connectivity index (χ0v) is 10.8. The first-order chi connectivity index (χ1) is 7.56. The van der Waals surface area contributed by atoms with Crippen molar-refractivity contribution < 1.29 is 9.53 Å². The number of carbonyl (C=O) groups excluding carboxylic acids is 1. The maximum atomic E-state index is 11.4. The number of rotatable bonds is 9. The number of hydrogen-bond donors (Lipinski definition) is 2. The Hall–Kier alpha value is -0.610. The fourth-order valence-electron chi connectivity index (χ4n) is 1.20. The normalized spacial score (nSPS) is 12.8. The Labute approximate surface area is 98.9 Å². The average Bonchev–Trinajstić information content (AvgIpc) is 2.24. The molecule has 1 atom stereocenters. The van der Waals surface area contributed by atoms with E-state index in [2.05, 4.69) is 12.2 Å². The third kappa shape index (κ3) is 9.93. The highest BCUT2D eigenvalue weighted by Gasteiger charge is 2.04. The minimum atomic E-state index is 0.116. The van der Waals surface area contributed by atoms with Gasteiger partial charge in [0, 0.05) is 19.6 Å². The van der Waals surface area contributed by atoms with Gasteiger partial charge in [-0.2, -0.15) is 0 Å². The van der Waals surface area contributed by atoms with Crippen LogP contribution in [0, 0.1) is 5.92 Å². The summed E-state index contributed by atoms with van der Waals surface area (Å²) in [5.74, 6) is 0.542. The summed E-state index contributed by atoms with van der Waals surface area (Å²) < 4.78 is 5.37. The number of ether oxygens (including phenoxy) is 1. The lowest BCUT2D eigenvalue weighted by Crippen LogP contribution is -2.26. The molecule has 4 heteroatoms. The maximum absolute atomic E-state index is 11.4. The first-order valence-corrected chi connectivity index (χ1v) is 6.14. The summed E-state index contributed by atoms with van der Waals surface area (Å²) in [5.41, 5.74) is 5.48. The Kier molecular flexibility index (Phi) is 9.24. The van der Waals surface area contributed by atoms with Crippen molar-refractivity contribution >= 4 is 5.91 Å². The Morgan fingerprint density at radius 2 is 2.06 bits per heavy atom. The van der Waals surface area contributed by atoms with Crippen LogP contribution in [-0.4, -0.2) is 31.7 Å². The third-order valence-corrected chi connectivity index (χ3v) is 2.36. The van der Waals surface area contributed by atoms with E-state index in [-0.39, 0.29) is 12.0 Å². The van der Waals surface area contributed by atoms with E-state index < -0.39 is 0 Å². The largest absolute Gasteiger partial charge is 0.379 e. The van der Waals surface area contributed by atoms with Crippen LogP contribution in [0.3, 0.4) is 0 Å². The summed E-state index contributed by atoms with van der Waals surface area (Å²) in [6, 6.07) is 0. The monoisotopic (exact) mass is 230 g/mol. The van der Waals surface area contributed by atoms with Gasteiger partial charge in [0.1, 0.15) is 0 Å². The Bertz CT molecular complexity index is 184. The average molecular weight is 230 g/mol. The molecule has 0 saturated heterocycles. The van der Waals surface area contributed by atoms with Gasteiger partial charge in [0.15, 0.2) is 0 Å². The molecule has 0 fully saturated rings. The van der Waals surface area contributed by atoms with Crippen LogP contribution >= 0.6 is 0 Å². The van der Waals surface area contributed by atoms with Crippen LogP contribution in [-0.2, 0) is 9.53 Å². The van der Waals surface area contributed by atoms with Crippen LogP contribution in [0.15, 0.2) is 0 Å². The van der Waals surface area contributed by atoms with Crippen LogP contribution in [0.4, 0.5) is 0 Å². The molecule has 96 valence electrons. The lowest BCUT2D eigenvalue weighted by molar-refractivity contribution is -0.121. The minimum absolute atomic E-state index is 0.116. The van der Waals surface area contributed by atoms with Gasteiger partial charge in [-0.15, -0.1) is 0 Å². The highest BCUT2D eigenvalue weighted by Crippen LogP contribution is 2.02. The van der Waals surface area contributed by atoms with Crippen molar-refractivity contribution in [3.05, 3.63) is 0 Å². The van der Waals surface area contributed by atoms with Crippen LogP contribution < -0.4 is 11.1 Å². The molecule has 0 radical (unpaired) electrons. The molecule has 0 heterocycles. The summed E-state index contributed by atoms with van der Waals surface area (Å²) >= 11 is 0. The van der Waals surface area contributed by atoms with Crippen molar-refractivity contribution in [2.24, 2.45) is 11.7 Å². The van der Waals surface area contributed by atoms with Crippen LogP contribution in [0.1, 0.15) is 40.0 Å². The van der Waals surface area contributed by atoms with E-state index in [0.717, 1.165) is 12.8 Å². The van der Waals surface area contributed by atoms with Crippen molar-refractivity contribution in [1.82, 2.24) is 5.32 Å². The molecule has 0 rings (SSSR count). The standard InChI is InChI=1S/C12H26N2O2/c1-10(2)16-8-4-7-14-12(15)6-5-11(3)9-13/h10-11H,4-9,13H2,1-3H3,(H,14,15). The molecule has 0 aromatic rings. The van der Waals surface area contributed by atoms with Gasteiger partial charge in [-0.3, -0.25) is 4.79 Å². The van der Waals surface area contributed by atoms with E-state index in [0.29, 0.717) is 32.0 Å². The molecule has 0 aliphatic rings. The summed E-state index contributed by atoms with van der Waals surface area (Å²) in [7, 11) is 0. The molecule has 16 heavy (non-hydrogen) atoms. The predicted octanol–water partition coefficient (Wildman–Crippen LogP) is 1.29. The molecule has 0 saturated carbocycles. The maximum Gasteiger partial charge on any atom is 0.220 e. The predicted molar refractivity (Wildman–Crippen MR) is 66.2 cm³/mol. The summed E-state index contributed by atoms with van der Waals surface area (Å²) in [6.07, 6.45) is 2.58. The molecule has 4 nitrogen and oxygen atoms in total. The number of carbonyl (C=O) groups is 1.